The average molecular weight is 475 g/mol. The number of hydrogen-bond donors (Lipinski definition) is 3. The Balaban J connectivity index is 0. The fourth-order valence-corrected chi connectivity index (χ4v) is 2.87. The minimum atomic E-state index is -0.219. The maximum absolute atomic E-state index is 11.5. The fourth-order valence-electron chi connectivity index (χ4n) is 2.87. The lowest BCUT2D eigenvalue weighted by Crippen LogP contribution is -2.33. The summed E-state index contributed by atoms with van der Waals surface area (Å²) in [6, 6.07) is 5.01. The van der Waals surface area contributed by atoms with Gasteiger partial charge in [-0.3, -0.25) is 15.2 Å². The van der Waals surface area contributed by atoms with E-state index in [0.717, 1.165) is 16.9 Å². The average Bonchev–Trinajstić information content (AvgIpc) is 2.97. The van der Waals surface area contributed by atoms with Crippen molar-refractivity contribution in [3.8, 4) is 0 Å². The molecule has 0 atom stereocenters. The quantitative estimate of drug-likeness (QED) is 0.235. The molecule has 0 spiro atoms. The Morgan fingerprint density at radius 3 is 2.38 bits per heavy atom. The van der Waals surface area contributed by atoms with E-state index in [4.69, 9.17) is 4.74 Å². The summed E-state index contributed by atoms with van der Waals surface area (Å²) in [4.78, 5) is 11.5. The zero-order chi connectivity index (χ0) is 21.7. The van der Waals surface area contributed by atoms with E-state index in [-0.39, 0.29) is 40.5 Å². The molecule has 0 fully saturated rings. The van der Waals surface area contributed by atoms with Crippen LogP contribution >= 0.6 is 17.0 Å². The zero-order valence-electron chi connectivity index (χ0n) is 17.2. The van der Waals surface area contributed by atoms with Gasteiger partial charge in [-0.05, 0) is 25.5 Å². The summed E-state index contributed by atoms with van der Waals surface area (Å²) in [6.45, 7) is 14.5. The first-order valence-corrected chi connectivity index (χ1v) is 8.95. The second-order valence-electron chi connectivity index (χ2n) is 5.47. The Morgan fingerprint density at radius 1 is 1.24 bits per heavy atom. The van der Waals surface area contributed by atoms with E-state index in [1.807, 2.05) is 16.2 Å². The van der Waals surface area contributed by atoms with Gasteiger partial charge in [0.1, 0.15) is 6.54 Å². The van der Waals surface area contributed by atoms with Crippen molar-refractivity contribution in [1.29, 1.82) is 0 Å². The largest absolute Gasteiger partial charge is 0.466 e. The number of anilines is 1. The summed E-state index contributed by atoms with van der Waals surface area (Å²) >= 11 is 0. The molecule has 0 amide bonds. The molecule has 0 aliphatic heterocycles. The highest BCUT2D eigenvalue weighted by molar-refractivity contribution is 8.93. The molecule has 2 aromatic rings. The molecular formula is C20H33BrN3O5+. The number of nitrogens with zero attached hydrogens (tertiary/aromatic N) is 3. The van der Waals surface area contributed by atoms with Crippen LogP contribution in [0.3, 0.4) is 0 Å². The molecule has 0 aliphatic rings. The third-order valence-corrected chi connectivity index (χ3v) is 3.95. The van der Waals surface area contributed by atoms with Gasteiger partial charge in [0.05, 0.1) is 25.9 Å². The predicted molar refractivity (Wildman–Crippen MR) is 119 cm³/mol. The van der Waals surface area contributed by atoms with Crippen LogP contribution in [0.4, 0.5) is 5.69 Å². The molecule has 0 bridgehead atoms. The van der Waals surface area contributed by atoms with Gasteiger partial charge in [0.2, 0.25) is 0 Å². The molecule has 8 nitrogen and oxygen atoms in total. The number of benzene rings is 1. The normalized spacial score (nSPS) is 9.41. The minimum Gasteiger partial charge on any atom is -0.466 e. The highest BCUT2D eigenvalue weighted by atomic mass is 79.9. The van der Waals surface area contributed by atoms with Crippen molar-refractivity contribution in [2.75, 3.05) is 18.4 Å². The number of aryl methyl sites for hydroxylation is 1. The van der Waals surface area contributed by atoms with E-state index in [1.54, 1.807) is 25.1 Å². The summed E-state index contributed by atoms with van der Waals surface area (Å²) < 4.78 is 8.84. The first-order chi connectivity index (χ1) is 13.5. The fraction of sp³-hybridized carbons (Fsp3) is 0.400. The second kappa shape index (κ2) is 15.7. The van der Waals surface area contributed by atoms with Crippen molar-refractivity contribution in [2.24, 2.45) is 7.05 Å². The number of fused-ring (bicyclic) bond motifs is 1. The van der Waals surface area contributed by atoms with Gasteiger partial charge in [-0.1, -0.05) is 0 Å². The maximum Gasteiger partial charge on any atom is 0.305 e. The highest BCUT2D eigenvalue weighted by Gasteiger charge is 2.23. The molecule has 2 rings (SSSR count). The van der Waals surface area contributed by atoms with Crippen LogP contribution in [-0.2, 0) is 29.5 Å². The third kappa shape index (κ3) is 7.98. The third-order valence-electron chi connectivity index (χ3n) is 3.95. The number of hydrogen-bond acceptors (Lipinski definition) is 6. The van der Waals surface area contributed by atoms with Crippen LogP contribution in [0.1, 0.15) is 25.6 Å². The van der Waals surface area contributed by atoms with Gasteiger partial charge in [-0.2, -0.15) is 0 Å². The number of rotatable bonds is 8. The Labute approximate surface area is 182 Å². The van der Waals surface area contributed by atoms with E-state index in [0.29, 0.717) is 32.4 Å². The molecule has 0 radical (unpaired) electrons. The van der Waals surface area contributed by atoms with Gasteiger partial charge < -0.3 is 9.84 Å². The molecule has 0 unspecified atom stereocenters. The van der Waals surface area contributed by atoms with E-state index in [9.17, 15) is 20.3 Å². The van der Waals surface area contributed by atoms with Crippen molar-refractivity contribution >= 4 is 39.7 Å². The molecular weight excluding hydrogens is 442 g/mol. The summed E-state index contributed by atoms with van der Waals surface area (Å²) in [7, 11) is 1.91. The summed E-state index contributed by atoms with van der Waals surface area (Å²) in [5.74, 6) is 0.728. The summed E-state index contributed by atoms with van der Waals surface area (Å²) in [5.41, 5.74) is 1.92. The Hall–Kier alpha value is -2.20. The minimum absolute atomic E-state index is 0. The molecule has 3 N–H and O–H groups in total. The van der Waals surface area contributed by atoms with Gasteiger partial charge in [0.15, 0.2) is 11.0 Å². The van der Waals surface area contributed by atoms with Gasteiger partial charge in [0.25, 0.3) is 5.82 Å². The van der Waals surface area contributed by atoms with Crippen molar-refractivity contribution < 1.29 is 29.6 Å². The lowest BCUT2D eigenvalue weighted by atomic mass is 10.2. The van der Waals surface area contributed by atoms with E-state index >= 15 is 0 Å². The number of aliphatic hydroxyl groups is 1. The lowest BCUT2D eigenvalue weighted by molar-refractivity contribution is -0.654. The standard InChI is InChI=1S/C16H24N3O5.2C2H4.BrH/c1-3-24-16(21)6-4-5-15-17(2)13-8-7-12(19(22)23)11-14(13)18(15)9-10-20;2*1-2;/h7-8,11,20,22-23H,3-6,9-10H2,1-2H3;2*1-2H2;1H/q+1;;;. The van der Waals surface area contributed by atoms with Gasteiger partial charge in [0, 0.05) is 18.9 Å². The number of ether oxygens (including phenoxy) is 1. The van der Waals surface area contributed by atoms with Crippen LogP contribution in [-0.4, -0.2) is 39.3 Å². The first-order valence-electron chi connectivity index (χ1n) is 8.95. The van der Waals surface area contributed by atoms with Crippen LogP contribution in [0.5, 0.6) is 0 Å². The number of aromatic nitrogens is 2. The molecule has 164 valence electrons. The van der Waals surface area contributed by atoms with E-state index < -0.39 is 0 Å². The van der Waals surface area contributed by atoms with Crippen molar-refractivity contribution in [2.45, 2.75) is 32.7 Å². The van der Waals surface area contributed by atoms with Crippen molar-refractivity contribution in [3.05, 3.63) is 50.3 Å². The summed E-state index contributed by atoms with van der Waals surface area (Å²) in [6.07, 6.45) is 1.61. The second-order valence-corrected chi connectivity index (χ2v) is 5.47. The molecule has 0 saturated carbocycles. The summed E-state index contributed by atoms with van der Waals surface area (Å²) in [5, 5.41) is 27.8. The molecule has 29 heavy (non-hydrogen) atoms. The number of aliphatic hydroxyl groups excluding tert-OH is 1. The number of halogens is 1. The number of carbonyl (C=O) groups excluding carboxylic acids is 1. The molecule has 1 heterocycles. The smallest absolute Gasteiger partial charge is 0.305 e. The molecule has 0 saturated heterocycles. The van der Waals surface area contributed by atoms with E-state index in [2.05, 4.69) is 26.3 Å². The lowest BCUT2D eigenvalue weighted by Gasteiger charge is -2.06. The maximum atomic E-state index is 11.5. The van der Waals surface area contributed by atoms with Crippen LogP contribution in [0, 0.1) is 0 Å². The number of carbonyl (C=O) groups is 1. The van der Waals surface area contributed by atoms with Crippen molar-refractivity contribution in [1.82, 2.24) is 4.57 Å². The van der Waals surface area contributed by atoms with Crippen LogP contribution in [0.2, 0.25) is 0 Å². The van der Waals surface area contributed by atoms with Crippen LogP contribution < -0.4 is 9.79 Å². The molecule has 1 aromatic carbocycles. The van der Waals surface area contributed by atoms with Gasteiger partial charge >= 0.3 is 5.97 Å². The number of imidazole rings is 1. The molecule has 1 aromatic heterocycles. The Kier molecular flexibility index (Phi) is 15.7. The molecule has 0 aliphatic carbocycles. The molecule has 9 heteroatoms. The first kappa shape index (κ1) is 29.0. The number of esters is 1. The SMILES string of the molecule is Br.C=C.C=C.CCOC(=O)CCCc1n(CCO)c2cc(N(O)O)ccc2[n+]1C. The van der Waals surface area contributed by atoms with E-state index in [1.165, 1.54) is 0 Å². The predicted octanol–water partition coefficient (Wildman–Crippen LogP) is 3.11. The van der Waals surface area contributed by atoms with Crippen molar-refractivity contribution in [3.63, 3.8) is 0 Å². The van der Waals surface area contributed by atoms with Gasteiger partial charge in [-0.15, -0.1) is 48.5 Å². The monoisotopic (exact) mass is 474 g/mol. The Morgan fingerprint density at radius 2 is 1.86 bits per heavy atom. The highest BCUT2D eigenvalue weighted by Crippen LogP contribution is 2.21. The van der Waals surface area contributed by atoms with Crippen LogP contribution in [0.15, 0.2) is 44.5 Å². The van der Waals surface area contributed by atoms with Gasteiger partial charge in [-0.25, -0.2) is 9.13 Å². The topological polar surface area (TPSA) is 99.0 Å². The Bertz CT molecular complexity index is 747. The zero-order valence-corrected chi connectivity index (χ0v) is 18.9. The van der Waals surface area contributed by atoms with Crippen LogP contribution in [0.25, 0.3) is 11.0 Å².